The molecule has 9 atom stereocenters. The molecule has 0 aromatic heterocycles. The van der Waals surface area contributed by atoms with Gasteiger partial charge in [0.05, 0.1) is 24.4 Å². The van der Waals surface area contributed by atoms with Crippen LogP contribution in [0.3, 0.4) is 0 Å². The first-order chi connectivity index (χ1) is 22.0. The maximum atomic E-state index is 14.2. The lowest BCUT2D eigenvalue weighted by atomic mass is 9.74. The molecule has 0 bridgehead atoms. The number of likely N-dealkylation sites (tertiary alicyclic amines) is 2. The van der Waals surface area contributed by atoms with Gasteiger partial charge in [-0.15, -0.1) is 0 Å². The number of likely N-dealkylation sites (N-methyl/N-ethyl adjacent to an activating group) is 2. The standard InChI is InChI=1S/C35H62N4O8/c1-22-16-35(6,44-10)31(47-32-29(41)26(36(7)8)15-23(2)46-32)24(3)30(42)34(4,5)33(43)45-21-27(37(9)17-22)25-18-38(19-25)20-28(40)39-13-11-12-14-39/h22-27,29,31-32,41H,11-21H2,1-10H3/t22-,23-,24+,26+,27+,29-,31-,32+,35-/m1/s1. The fourth-order valence-electron chi connectivity index (χ4n) is 8.30. The van der Waals surface area contributed by atoms with E-state index >= 15 is 0 Å². The van der Waals surface area contributed by atoms with Crippen LogP contribution in [0.4, 0.5) is 0 Å². The van der Waals surface area contributed by atoms with E-state index in [0.717, 1.165) is 39.0 Å². The van der Waals surface area contributed by atoms with Crippen LogP contribution in [0.25, 0.3) is 0 Å². The zero-order chi connectivity index (χ0) is 34.8. The average molecular weight is 667 g/mol. The highest BCUT2D eigenvalue weighted by atomic mass is 16.7. The number of nitrogens with zero attached hydrogens (tertiary/aromatic N) is 4. The Kier molecular flexibility index (Phi) is 12.6. The van der Waals surface area contributed by atoms with E-state index in [2.05, 4.69) is 23.8 Å². The smallest absolute Gasteiger partial charge is 0.319 e. The predicted octanol–water partition coefficient (Wildman–Crippen LogP) is 1.87. The molecule has 0 spiro atoms. The molecule has 4 saturated heterocycles. The van der Waals surface area contributed by atoms with Gasteiger partial charge in [0.25, 0.3) is 0 Å². The van der Waals surface area contributed by atoms with Crippen molar-refractivity contribution in [3.8, 4) is 0 Å². The Bertz CT molecular complexity index is 1090. The van der Waals surface area contributed by atoms with Gasteiger partial charge in [0.1, 0.15) is 18.1 Å². The van der Waals surface area contributed by atoms with E-state index in [1.54, 1.807) is 27.9 Å². The third-order valence-electron chi connectivity index (χ3n) is 11.3. The monoisotopic (exact) mass is 666 g/mol. The lowest BCUT2D eigenvalue weighted by Gasteiger charge is -2.47. The quantitative estimate of drug-likeness (QED) is 0.317. The molecule has 4 rings (SSSR count). The molecule has 12 nitrogen and oxygen atoms in total. The van der Waals surface area contributed by atoms with Crippen molar-refractivity contribution in [3.63, 3.8) is 0 Å². The second kappa shape index (κ2) is 15.5. The molecule has 4 heterocycles. The molecule has 0 aliphatic carbocycles. The van der Waals surface area contributed by atoms with Crippen molar-refractivity contribution in [3.05, 3.63) is 0 Å². The maximum absolute atomic E-state index is 14.2. The van der Waals surface area contributed by atoms with Gasteiger partial charge in [-0.1, -0.05) is 13.8 Å². The number of amides is 1. The molecule has 270 valence electrons. The zero-order valence-electron chi connectivity index (χ0n) is 30.6. The Hall–Kier alpha value is -1.67. The third-order valence-corrected chi connectivity index (χ3v) is 11.3. The molecule has 0 radical (unpaired) electrons. The third kappa shape index (κ3) is 8.56. The van der Waals surface area contributed by atoms with Crippen molar-refractivity contribution < 1.29 is 38.4 Å². The first kappa shape index (κ1) is 38.1. The first-order valence-electron chi connectivity index (χ1n) is 17.6. The van der Waals surface area contributed by atoms with Crippen LogP contribution in [0.15, 0.2) is 0 Å². The van der Waals surface area contributed by atoms with Gasteiger partial charge in [0.2, 0.25) is 5.91 Å². The van der Waals surface area contributed by atoms with Gasteiger partial charge in [-0.25, -0.2) is 0 Å². The van der Waals surface area contributed by atoms with Crippen LogP contribution in [-0.2, 0) is 33.3 Å². The summed E-state index contributed by atoms with van der Waals surface area (Å²) in [5, 5.41) is 11.3. The molecule has 4 fully saturated rings. The number of esters is 1. The van der Waals surface area contributed by atoms with E-state index in [0.29, 0.717) is 25.9 Å². The molecule has 4 aliphatic heterocycles. The Labute approximate surface area is 282 Å². The number of hydrogen-bond donors (Lipinski definition) is 1. The minimum absolute atomic E-state index is 0.0697. The summed E-state index contributed by atoms with van der Waals surface area (Å²) in [4.78, 5) is 49.0. The summed E-state index contributed by atoms with van der Waals surface area (Å²) in [6.45, 7) is 15.5. The normalized spacial score (nSPS) is 38.8. The minimum atomic E-state index is -1.45. The van der Waals surface area contributed by atoms with Gasteiger partial charge in [0.15, 0.2) is 12.1 Å². The summed E-state index contributed by atoms with van der Waals surface area (Å²) in [6.07, 6.45) is 0.449. The van der Waals surface area contributed by atoms with Crippen LogP contribution in [-0.4, -0.2) is 159 Å². The summed E-state index contributed by atoms with van der Waals surface area (Å²) >= 11 is 0. The van der Waals surface area contributed by atoms with Crippen LogP contribution in [0.2, 0.25) is 0 Å². The number of methoxy groups -OCH3 is 1. The van der Waals surface area contributed by atoms with Crippen LogP contribution < -0.4 is 0 Å². The number of carbonyl (C=O) groups excluding carboxylic acids is 3. The number of ether oxygens (including phenoxy) is 4. The van der Waals surface area contributed by atoms with E-state index in [-0.39, 0.29) is 48.3 Å². The van der Waals surface area contributed by atoms with Gasteiger partial charge in [-0.3, -0.25) is 24.2 Å². The molecule has 4 aliphatic rings. The van der Waals surface area contributed by atoms with Gasteiger partial charge < -0.3 is 33.9 Å². The summed E-state index contributed by atoms with van der Waals surface area (Å²) < 4.78 is 25.0. The van der Waals surface area contributed by atoms with E-state index < -0.39 is 41.4 Å². The van der Waals surface area contributed by atoms with Crippen molar-refractivity contribution in [1.29, 1.82) is 0 Å². The van der Waals surface area contributed by atoms with Gasteiger partial charge in [-0.2, -0.15) is 0 Å². The van der Waals surface area contributed by atoms with Crippen molar-refractivity contribution in [2.45, 2.75) is 110 Å². The largest absolute Gasteiger partial charge is 0.463 e. The number of Topliss-reactive ketones (excluding diaryl/α,β-unsaturated/α-hetero) is 1. The van der Waals surface area contributed by atoms with E-state index in [4.69, 9.17) is 18.9 Å². The number of hydrogen-bond acceptors (Lipinski definition) is 11. The van der Waals surface area contributed by atoms with Crippen LogP contribution in [0, 0.1) is 23.2 Å². The second-order valence-corrected chi connectivity index (χ2v) is 15.9. The van der Waals surface area contributed by atoms with Gasteiger partial charge in [-0.05, 0) is 80.4 Å². The summed E-state index contributed by atoms with van der Waals surface area (Å²) in [7, 11) is 7.52. The van der Waals surface area contributed by atoms with E-state index in [9.17, 15) is 19.5 Å². The second-order valence-electron chi connectivity index (χ2n) is 15.9. The highest BCUT2D eigenvalue weighted by Gasteiger charge is 2.52. The Morgan fingerprint density at radius 3 is 2.30 bits per heavy atom. The average Bonchev–Trinajstić information content (AvgIpc) is 3.53. The fourth-order valence-corrected chi connectivity index (χ4v) is 8.30. The van der Waals surface area contributed by atoms with Gasteiger partial charge >= 0.3 is 5.97 Å². The Morgan fingerprint density at radius 1 is 1.06 bits per heavy atom. The SMILES string of the molecule is CO[C@]1(C)C[C@@H](C)CN(C)[C@H](C2CN(CC(=O)N3CCCC3)C2)COC(=O)C(C)(C)C(=O)[C@H](C)[C@H]1O[C@@H]1O[C@H](C)C[C@H](N(C)C)[C@H]1O. The molecule has 1 N–H and O–H groups in total. The number of carbonyl (C=O) groups is 3. The Balaban J connectivity index is 1.56. The number of aliphatic hydroxyl groups excluding tert-OH is 1. The van der Waals surface area contributed by atoms with Crippen LogP contribution in [0.5, 0.6) is 0 Å². The number of cyclic esters (lactones) is 1. The van der Waals surface area contributed by atoms with Crippen LogP contribution >= 0.6 is 0 Å². The summed E-state index contributed by atoms with van der Waals surface area (Å²) in [5.41, 5.74) is -2.39. The highest BCUT2D eigenvalue weighted by Crippen LogP contribution is 2.38. The molecule has 12 heteroatoms. The molecular weight excluding hydrogens is 604 g/mol. The number of aliphatic hydroxyl groups is 1. The molecule has 47 heavy (non-hydrogen) atoms. The number of rotatable bonds is 7. The van der Waals surface area contributed by atoms with Crippen molar-refractivity contribution in [2.75, 3.05) is 74.1 Å². The molecule has 0 saturated carbocycles. The topological polar surface area (TPSA) is 121 Å². The highest BCUT2D eigenvalue weighted by molar-refractivity contribution is 6.04. The van der Waals surface area contributed by atoms with E-state index in [1.165, 1.54) is 0 Å². The minimum Gasteiger partial charge on any atom is -0.463 e. The maximum Gasteiger partial charge on any atom is 0.319 e. The first-order valence-corrected chi connectivity index (χ1v) is 17.6. The molecule has 0 aromatic rings. The molecule has 1 amide bonds. The Morgan fingerprint density at radius 2 is 1.70 bits per heavy atom. The molecule has 0 aromatic carbocycles. The van der Waals surface area contributed by atoms with E-state index in [1.807, 2.05) is 37.7 Å². The van der Waals surface area contributed by atoms with Gasteiger partial charge in [0, 0.05) is 63.8 Å². The molecular formula is C35H62N4O8. The lowest BCUT2D eigenvalue weighted by Crippen LogP contribution is -2.60. The lowest BCUT2D eigenvalue weighted by molar-refractivity contribution is -0.295. The van der Waals surface area contributed by atoms with Crippen molar-refractivity contribution in [2.24, 2.45) is 23.2 Å². The number of ketones is 1. The van der Waals surface area contributed by atoms with Crippen molar-refractivity contribution in [1.82, 2.24) is 19.6 Å². The molecule has 0 unspecified atom stereocenters. The van der Waals surface area contributed by atoms with Crippen molar-refractivity contribution >= 4 is 17.7 Å². The summed E-state index contributed by atoms with van der Waals surface area (Å²) in [5.74, 6) is -1.14. The zero-order valence-corrected chi connectivity index (χ0v) is 30.6. The predicted molar refractivity (Wildman–Crippen MR) is 178 cm³/mol. The fraction of sp³-hybridized carbons (Fsp3) is 0.914. The van der Waals surface area contributed by atoms with Crippen LogP contribution in [0.1, 0.15) is 67.2 Å². The summed E-state index contributed by atoms with van der Waals surface area (Å²) in [6, 6.07) is -0.255.